The maximum atomic E-state index is 10.8. The summed E-state index contributed by atoms with van der Waals surface area (Å²) in [6.45, 7) is 0.144. The molecule has 0 bridgehead atoms. The Morgan fingerprint density at radius 1 is 1.33 bits per heavy atom. The van der Waals surface area contributed by atoms with Crippen LogP contribution in [0.2, 0.25) is 0 Å². The summed E-state index contributed by atoms with van der Waals surface area (Å²) in [7, 11) is 0. The number of hydrogen-bond donors (Lipinski definition) is 2. The molecule has 2 heterocycles. The Morgan fingerprint density at radius 3 is 2.61 bits per heavy atom. The van der Waals surface area contributed by atoms with Crippen molar-refractivity contribution in [3.63, 3.8) is 0 Å². The van der Waals surface area contributed by atoms with Crippen LogP contribution in [0.3, 0.4) is 0 Å². The van der Waals surface area contributed by atoms with E-state index in [4.69, 9.17) is 16.3 Å². The van der Waals surface area contributed by atoms with Crippen molar-refractivity contribution in [2.75, 3.05) is 11.5 Å². The Labute approximate surface area is 110 Å². The number of thiazole rings is 2. The normalized spacial score (nSPS) is 11.4. The fourth-order valence-corrected chi connectivity index (χ4v) is 2.20. The third kappa shape index (κ3) is 3.02. The molecule has 0 aliphatic carbocycles. The van der Waals surface area contributed by atoms with Gasteiger partial charge in [-0.2, -0.15) is 0 Å². The number of aldehydes is 1. The molecule has 0 amide bonds. The number of carbonyl (C=O) groups excluding carboxylic acids is 1. The Kier molecular flexibility index (Phi) is 3.85. The highest BCUT2D eigenvalue weighted by molar-refractivity contribution is 7.13. The molecular weight excluding hydrogens is 274 g/mol. The average Bonchev–Trinajstić information content (AvgIpc) is 2.94. The van der Waals surface area contributed by atoms with Gasteiger partial charge in [-0.15, -0.1) is 22.7 Å². The molecular formula is C9H9N5O2S2. The zero-order valence-corrected chi connectivity index (χ0v) is 10.7. The van der Waals surface area contributed by atoms with Crippen molar-refractivity contribution in [2.45, 2.75) is 6.61 Å². The van der Waals surface area contributed by atoms with Gasteiger partial charge in [0.1, 0.15) is 5.69 Å². The van der Waals surface area contributed by atoms with Gasteiger partial charge in [0.15, 0.2) is 28.9 Å². The van der Waals surface area contributed by atoms with E-state index < -0.39 is 0 Å². The molecule has 0 fully saturated rings. The van der Waals surface area contributed by atoms with Crippen molar-refractivity contribution in [1.82, 2.24) is 9.97 Å². The largest absolute Gasteiger partial charge is 0.389 e. The minimum Gasteiger partial charge on any atom is -0.389 e. The number of aromatic nitrogens is 2. The summed E-state index contributed by atoms with van der Waals surface area (Å²) in [6, 6.07) is 0. The summed E-state index contributed by atoms with van der Waals surface area (Å²) < 4.78 is 0. The van der Waals surface area contributed by atoms with Crippen LogP contribution in [-0.2, 0) is 16.2 Å². The Bertz CT molecular complexity index is 577. The molecule has 0 aliphatic rings. The molecule has 2 aromatic rings. The highest BCUT2D eigenvalue weighted by Gasteiger charge is 2.07. The Balaban J connectivity index is 2.00. The molecule has 2 aromatic heterocycles. The highest BCUT2D eigenvalue weighted by Crippen LogP contribution is 2.13. The van der Waals surface area contributed by atoms with Crippen LogP contribution in [0.15, 0.2) is 15.9 Å². The summed E-state index contributed by atoms with van der Waals surface area (Å²) in [5.41, 5.74) is 12.1. The maximum Gasteiger partial charge on any atom is 0.180 e. The van der Waals surface area contributed by atoms with Crippen LogP contribution in [-0.4, -0.2) is 22.0 Å². The number of nitrogens with zero attached hydrogens (tertiary/aromatic N) is 3. The van der Waals surface area contributed by atoms with Crippen molar-refractivity contribution >= 4 is 44.9 Å². The van der Waals surface area contributed by atoms with E-state index in [0.717, 1.165) is 0 Å². The fraction of sp³-hybridized carbons (Fsp3) is 0.111. The first-order valence-electron chi connectivity index (χ1n) is 4.75. The second-order valence-electron chi connectivity index (χ2n) is 3.12. The van der Waals surface area contributed by atoms with Gasteiger partial charge in [0.25, 0.3) is 0 Å². The second kappa shape index (κ2) is 5.56. The smallest absolute Gasteiger partial charge is 0.180 e. The zero-order valence-electron chi connectivity index (χ0n) is 9.07. The van der Waals surface area contributed by atoms with E-state index >= 15 is 0 Å². The van der Waals surface area contributed by atoms with Crippen molar-refractivity contribution in [3.05, 3.63) is 22.1 Å². The number of oxime groups is 1. The number of nitrogen functional groups attached to an aromatic ring is 2. The minimum absolute atomic E-state index is 0.0890. The van der Waals surface area contributed by atoms with E-state index in [-0.39, 0.29) is 12.3 Å². The molecule has 2 rings (SSSR count). The quantitative estimate of drug-likeness (QED) is 0.478. The van der Waals surface area contributed by atoms with Gasteiger partial charge in [-0.25, -0.2) is 9.97 Å². The van der Waals surface area contributed by atoms with Crippen LogP contribution in [0.4, 0.5) is 10.3 Å². The van der Waals surface area contributed by atoms with Crippen LogP contribution in [0.5, 0.6) is 0 Å². The highest BCUT2D eigenvalue weighted by atomic mass is 32.1. The van der Waals surface area contributed by atoms with Crippen molar-refractivity contribution in [2.24, 2.45) is 5.16 Å². The molecule has 0 aromatic carbocycles. The molecule has 0 saturated heterocycles. The topological polar surface area (TPSA) is 116 Å². The van der Waals surface area contributed by atoms with E-state index in [0.29, 0.717) is 27.9 Å². The van der Waals surface area contributed by atoms with Crippen molar-refractivity contribution in [1.29, 1.82) is 0 Å². The first kappa shape index (κ1) is 12.5. The van der Waals surface area contributed by atoms with E-state index in [2.05, 4.69) is 15.1 Å². The molecule has 0 saturated carbocycles. The predicted octanol–water partition coefficient (Wildman–Crippen LogP) is 0.884. The van der Waals surface area contributed by atoms with Gasteiger partial charge in [-0.3, -0.25) is 4.79 Å². The predicted molar refractivity (Wildman–Crippen MR) is 70.4 cm³/mol. The van der Waals surface area contributed by atoms with E-state index in [9.17, 15) is 4.79 Å². The van der Waals surface area contributed by atoms with Crippen LogP contribution in [0, 0.1) is 0 Å². The SMILES string of the molecule is Nc1nc(CO/N=C(\C=O)c2csc(N)n2)cs1. The van der Waals surface area contributed by atoms with Gasteiger partial charge in [-0.1, -0.05) is 5.16 Å². The van der Waals surface area contributed by atoms with Gasteiger partial charge in [0, 0.05) is 10.8 Å². The molecule has 9 heteroatoms. The summed E-state index contributed by atoms with van der Waals surface area (Å²) in [5, 5.41) is 7.91. The second-order valence-corrected chi connectivity index (χ2v) is 4.90. The summed E-state index contributed by atoms with van der Waals surface area (Å²) in [6.07, 6.45) is 0.559. The van der Waals surface area contributed by atoms with E-state index in [1.165, 1.54) is 22.7 Å². The fourth-order valence-electron chi connectivity index (χ4n) is 1.09. The summed E-state index contributed by atoms with van der Waals surface area (Å²) in [5.74, 6) is 0. The first-order chi connectivity index (χ1) is 8.69. The minimum atomic E-state index is 0.0890. The zero-order chi connectivity index (χ0) is 13.0. The van der Waals surface area contributed by atoms with Crippen LogP contribution < -0.4 is 11.5 Å². The lowest BCUT2D eigenvalue weighted by molar-refractivity contribution is -0.102. The number of anilines is 2. The van der Waals surface area contributed by atoms with Gasteiger partial charge in [-0.05, 0) is 0 Å². The van der Waals surface area contributed by atoms with Gasteiger partial charge >= 0.3 is 0 Å². The maximum absolute atomic E-state index is 10.8. The molecule has 7 nitrogen and oxygen atoms in total. The molecule has 0 atom stereocenters. The van der Waals surface area contributed by atoms with Gasteiger partial charge < -0.3 is 16.3 Å². The number of rotatable bonds is 5. The summed E-state index contributed by atoms with van der Waals surface area (Å²) >= 11 is 2.54. The summed E-state index contributed by atoms with van der Waals surface area (Å²) in [4.78, 5) is 23.8. The first-order valence-corrected chi connectivity index (χ1v) is 6.51. The average molecular weight is 283 g/mol. The third-order valence-corrected chi connectivity index (χ3v) is 3.24. The lowest BCUT2D eigenvalue weighted by Crippen LogP contribution is -2.04. The molecule has 18 heavy (non-hydrogen) atoms. The molecule has 0 unspecified atom stereocenters. The molecule has 0 aliphatic heterocycles. The van der Waals surface area contributed by atoms with Gasteiger partial charge in [0.05, 0.1) is 5.69 Å². The Hall–Kier alpha value is -2.00. The molecule has 94 valence electrons. The number of carbonyl (C=O) groups is 1. The van der Waals surface area contributed by atoms with E-state index in [1.807, 2.05) is 0 Å². The standard InChI is InChI=1S/C9H9N5O2S2/c10-8-12-5(3-17-8)2-16-14-6(1-15)7-4-18-9(11)13-7/h1,3-4H,2H2,(H2,10,12)(H2,11,13)/b14-6+. The molecule has 0 spiro atoms. The van der Waals surface area contributed by atoms with Gasteiger partial charge in [0.2, 0.25) is 0 Å². The molecule has 4 N–H and O–H groups in total. The van der Waals surface area contributed by atoms with E-state index in [1.54, 1.807) is 10.8 Å². The van der Waals surface area contributed by atoms with Crippen LogP contribution in [0.1, 0.15) is 11.4 Å². The monoisotopic (exact) mass is 283 g/mol. The lowest BCUT2D eigenvalue weighted by atomic mass is 10.3. The van der Waals surface area contributed by atoms with Crippen molar-refractivity contribution in [3.8, 4) is 0 Å². The number of nitrogens with two attached hydrogens (primary N) is 2. The van der Waals surface area contributed by atoms with Crippen LogP contribution in [0.25, 0.3) is 0 Å². The third-order valence-electron chi connectivity index (χ3n) is 1.84. The molecule has 0 radical (unpaired) electrons. The Morgan fingerprint density at radius 2 is 2.06 bits per heavy atom. The number of hydrogen-bond acceptors (Lipinski definition) is 9. The van der Waals surface area contributed by atoms with Crippen molar-refractivity contribution < 1.29 is 9.63 Å². The van der Waals surface area contributed by atoms with Crippen LogP contribution >= 0.6 is 22.7 Å². The lowest BCUT2D eigenvalue weighted by Gasteiger charge is -1.96.